The van der Waals surface area contributed by atoms with Crippen molar-refractivity contribution < 1.29 is 9.90 Å². The minimum absolute atomic E-state index is 0.0825. The van der Waals surface area contributed by atoms with E-state index in [1.165, 1.54) is 6.42 Å². The van der Waals surface area contributed by atoms with Gasteiger partial charge in [0.15, 0.2) is 0 Å². The summed E-state index contributed by atoms with van der Waals surface area (Å²) in [4.78, 5) is 11.7. The van der Waals surface area contributed by atoms with Crippen molar-refractivity contribution in [3.63, 3.8) is 0 Å². The summed E-state index contributed by atoms with van der Waals surface area (Å²) >= 11 is 0. The largest absolute Gasteiger partial charge is 0.393 e. The molecule has 1 aliphatic carbocycles. The van der Waals surface area contributed by atoms with Gasteiger partial charge in [0.25, 0.3) is 0 Å². The molecule has 3 nitrogen and oxygen atoms in total. The van der Waals surface area contributed by atoms with Crippen molar-refractivity contribution in [1.29, 1.82) is 0 Å². The molecule has 0 amide bonds. The summed E-state index contributed by atoms with van der Waals surface area (Å²) in [5, 5.41) is 13.1. The van der Waals surface area contributed by atoms with E-state index in [9.17, 15) is 9.90 Å². The monoisotopic (exact) mass is 197 g/mol. The molecule has 14 heavy (non-hydrogen) atoms. The van der Waals surface area contributed by atoms with Gasteiger partial charge in [0.05, 0.1) is 6.10 Å². The number of hydrogen-bond donors (Lipinski definition) is 2. The normalized spacial score (nSPS) is 39.8. The minimum Gasteiger partial charge on any atom is -0.393 e. The molecule has 0 spiro atoms. The molecule has 0 radical (unpaired) electrons. The van der Waals surface area contributed by atoms with Gasteiger partial charge in [-0.1, -0.05) is 12.8 Å². The molecule has 0 aromatic rings. The molecule has 0 bridgehead atoms. The highest BCUT2D eigenvalue weighted by molar-refractivity contribution is 5.82. The van der Waals surface area contributed by atoms with Crippen LogP contribution < -0.4 is 5.32 Å². The topological polar surface area (TPSA) is 49.3 Å². The molecule has 0 aromatic heterocycles. The fraction of sp³-hybridized carbons (Fsp3) is 0.909. The number of ketones is 1. The summed E-state index contributed by atoms with van der Waals surface area (Å²) in [5.41, 5.74) is 0. The lowest BCUT2D eigenvalue weighted by atomic mass is 9.74. The number of hydrogen-bond acceptors (Lipinski definition) is 3. The molecule has 0 aromatic carbocycles. The van der Waals surface area contributed by atoms with Gasteiger partial charge in [0.1, 0.15) is 5.78 Å². The third kappa shape index (κ3) is 1.98. The summed E-state index contributed by atoms with van der Waals surface area (Å²) in [6.45, 7) is 1.60. The Kier molecular flexibility index (Phi) is 3.19. The maximum absolute atomic E-state index is 11.7. The maximum atomic E-state index is 11.7. The Morgan fingerprint density at radius 1 is 1.29 bits per heavy atom. The molecule has 3 heteroatoms. The van der Waals surface area contributed by atoms with Crippen LogP contribution in [0.15, 0.2) is 0 Å². The average Bonchev–Trinajstić information content (AvgIpc) is 2.20. The van der Waals surface area contributed by atoms with Crippen LogP contribution in [-0.4, -0.2) is 30.1 Å². The number of carbonyl (C=O) groups is 1. The molecular formula is C11H19NO2. The van der Waals surface area contributed by atoms with E-state index >= 15 is 0 Å². The summed E-state index contributed by atoms with van der Waals surface area (Å²) in [6, 6.07) is 0. The van der Waals surface area contributed by atoms with Crippen LogP contribution in [0, 0.1) is 11.8 Å². The first kappa shape index (κ1) is 10.1. The zero-order valence-corrected chi connectivity index (χ0v) is 8.54. The van der Waals surface area contributed by atoms with Crippen LogP contribution in [0.1, 0.15) is 32.1 Å². The molecule has 1 aliphatic heterocycles. The van der Waals surface area contributed by atoms with Gasteiger partial charge in [-0.3, -0.25) is 4.79 Å². The molecule has 3 unspecified atom stereocenters. The summed E-state index contributed by atoms with van der Waals surface area (Å²) in [5.74, 6) is 0.665. The van der Waals surface area contributed by atoms with Crippen molar-refractivity contribution in [2.45, 2.75) is 38.2 Å². The molecule has 1 heterocycles. The molecule has 1 saturated heterocycles. The van der Waals surface area contributed by atoms with Crippen LogP contribution in [0.25, 0.3) is 0 Å². The van der Waals surface area contributed by atoms with Gasteiger partial charge in [-0.15, -0.1) is 0 Å². The lowest BCUT2D eigenvalue weighted by molar-refractivity contribution is -0.128. The number of carbonyl (C=O) groups excluding carboxylic acids is 1. The number of nitrogens with one attached hydrogen (secondary N) is 1. The Balaban J connectivity index is 2.00. The van der Waals surface area contributed by atoms with E-state index in [4.69, 9.17) is 0 Å². The van der Waals surface area contributed by atoms with Gasteiger partial charge >= 0.3 is 0 Å². The zero-order chi connectivity index (χ0) is 9.97. The van der Waals surface area contributed by atoms with Gasteiger partial charge in [-0.25, -0.2) is 0 Å². The second-order valence-corrected chi connectivity index (χ2v) is 4.54. The van der Waals surface area contributed by atoms with E-state index in [-0.39, 0.29) is 17.9 Å². The molecular weight excluding hydrogens is 178 g/mol. The molecule has 2 N–H and O–H groups in total. The van der Waals surface area contributed by atoms with E-state index in [2.05, 4.69) is 5.32 Å². The second kappa shape index (κ2) is 4.41. The highest BCUT2D eigenvalue weighted by Crippen LogP contribution is 2.32. The van der Waals surface area contributed by atoms with Gasteiger partial charge in [0, 0.05) is 25.4 Å². The average molecular weight is 197 g/mol. The quantitative estimate of drug-likeness (QED) is 0.651. The fourth-order valence-electron chi connectivity index (χ4n) is 2.77. The molecule has 80 valence electrons. The number of piperidine rings is 1. The van der Waals surface area contributed by atoms with Crippen molar-refractivity contribution in [3.8, 4) is 0 Å². The van der Waals surface area contributed by atoms with Crippen LogP contribution in [0.4, 0.5) is 0 Å². The Labute approximate surface area is 84.9 Å². The lowest BCUT2D eigenvalue weighted by Crippen LogP contribution is -2.45. The van der Waals surface area contributed by atoms with Crippen LogP contribution >= 0.6 is 0 Å². The number of aliphatic hydroxyl groups excluding tert-OH is 1. The van der Waals surface area contributed by atoms with Crippen LogP contribution in [0.3, 0.4) is 0 Å². The Bertz CT molecular complexity index is 217. The van der Waals surface area contributed by atoms with Crippen molar-refractivity contribution in [2.75, 3.05) is 13.1 Å². The van der Waals surface area contributed by atoms with Gasteiger partial charge in [0.2, 0.25) is 0 Å². The molecule has 2 rings (SSSR count). The predicted octanol–water partition coefficient (Wildman–Crippen LogP) is 0.716. The van der Waals surface area contributed by atoms with Crippen molar-refractivity contribution in [3.05, 3.63) is 0 Å². The van der Waals surface area contributed by atoms with E-state index in [0.29, 0.717) is 12.2 Å². The molecule has 2 fully saturated rings. The number of Topliss-reactive ketones (excluding diaryl/α,β-unsaturated/α-hetero) is 1. The fourth-order valence-corrected chi connectivity index (χ4v) is 2.77. The summed E-state index contributed by atoms with van der Waals surface area (Å²) in [7, 11) is 0. The van der Waals surface area contributed by atoms with Gasteiger partial charge in [-0.2, -0.15) is 0 Å². The molecule has 2 aliphatic rings. The predicted molar refractivity (Wildman–Crippen MR) is 53.9 cm³/mol. The van der Waals surface area contributed by atoms with E-state index in [1.54, 1.807) is 0 Å². The first-order chi connectivity index (χ1) is 6.79. The number of rotatable bonds is 1. The highest BCUT2D eigenvalue weighted by atomic mass is 16.3. The molecule has 3 atom stereocenters. The Morgan fingerprint density at radius 2 is 2.07 bits per heavy atom. The smallest absolute Gasteiger partial charge is 0.138 e. The summed E-state index contributed by atoms with van der Waals surface area (Å²) in [6.07, 6.45) is 4.61. The van der Waals surface area contributed by atoms with E-state index in [0.717, 1.165) is 32.4 Å². The van der Waals surface area contributed by atoms with E-state index in [1.807, 2.05) is 0 Å². The SMILES string of the molecule is O=C1CCNCC1C1CCCCC1O. The Hall–Kier alpha value is -0.410. The number of aliphatic hydroxyl groups is 1. The summed E-state index contributed by atoms with van der Waals surface area (Å²) < 4.78 is 0. The first-order valence-corrected chi connectivity index (χ1v) is 5.70. The third-order valence-electron chi connectivity index (χ3n) is 3.62. The highest BCUT2D eigenvalue weighted by Gasteiger charge is 2.35. The van der Waals surface area contributed by atoms with Gasteiger partial charge < -0.3 is 10.4 Å². The van der Waals surface area contributed by atoms with E-state index < -0.39 is 0 Å². The van der Waals surface area contributed by atoms with Crippen molar-refractivity contribution >= 4 is 5.78 Å². The van der Waals surface area contributed by atoms with Gasteiger partial charge in [-0.05, 0) is 18.8 Å². The Morgan fingerprint density at radius 3 is 2.79 bits per heavy atom. The third-order valence-corrected chi connectivity index (χ3v) is 3.62. The second-order valence-electron chi connectivity index (χ2n) is 4.54. The van der Waals surface area contributed by atoms with Crippen molar-refractivity contribution in [1.82, 2.24) is 5.32 Å². The van der Waals surface area contributed by atoms with Crippen LogP contribution in [-0.2, 0) is 4.79 Å². The molecule has 1 saturated carbocycles. The van der Waals surface area contributed by atoms with Crippen molar-refractivity contribution in [2.24, 2.45) is 11.8 Å². The standard InChI is InChI=1S/C11H19NO2/c13-10-4-2-1-3-8(10)9-7-12-6-5-11(9)14/h8-10,12-13H,1-7H2. The lowest BCUT2D eigenvalue weighted by Gasteiger charge is -2.35. The zero-order valence-electron chi connectivity index (χ0n) is 8.54. The maximum Gasteiger partial charge on any atom is 0.138 e. The van der Waals surface area contributed by atoms with Crippen LogP contribution in [0.2, 0.25) is 0 Å². The minimum atomic E-state index is -0.238. The van der Waals surface area contributed by atoms with Crippen LogP contribution in [0.5, 0.6) is 0 Å². The first-order valence-electron chi connectivity index (χ1n) is 5.70.